The summed E-state index contributed by atoms with van der Waals surface area (Å²) in [5.74, 6) is 0.0202. The number of rotatable bonds is 0. The van der Waals surface area contributed by atoms with Gasteiger partial charge in [0.05, 0.1) is 12.8 Å². The fraction of sp³-hybridized carbons (Fsp3) is 0.0769. The lowest BCUT2D eigenvalue weighted by Gasteiger charge is -2.07. The van der Waals surface area contributed by atoms with Gasteiger partial charge in [-0.15, -0.1) is 0 Å². The van der Waals surface area contributed by atoms with Gasteiger partial charge in [0.1, 0.15) is 6.33 Å². The molecule has 1 aromatic carbocycles. The molecule has 0 aliphatic carbocycles. The summed E-state index contributed by atoms with van der Waals surface area (Å²) in [4.78, 5) is 22.4. The van der Waals surface area contributed by atoms with Gasteiger partial charge in [0.2, 0.25) is 5.78 Å². The number of ketones is 1. The van der Waals surface area contributed by atoms with E-state index in [9.17, 15) is 4.79 Å². The van der Waals surface area contributed by atoms with Gasteiger partial charge in [0, 0.05) is 18.0 Å². The number of benzene rings is 1. The summed E-state index contributed by atoms with van der Waals surface area (Å²) < 4.78 is 0. The molecular weight excluding hydrogens is 214 g/mol. The number of Topliss-reactive ketones (excluding diaryl/α,β-unsaturated/α-hetero) is 1. The first-order chi connectivity index (χ1) is 8.38. The van der Waals surface area contributed by atoms with Gasteiger partial charge in [-0.3, -0.25) is 9.79 Å². The molecule has 4 nitrogen and oxygen atoms in total. The zero-order valence-corrected chi connectivity index (χ0v) is 9.15. The van der Waals surface area contributed by atoms with Crippen LogP contribution in [0.4, 0.5) is 0 Å². The first kappa shape index (κ1) is 11.1. The van der Waals surface area contributed by atoms with Gasteiger partial charge in [0.15, 0.2) is 0 Å². The number of hydrogen-bond acceptors (Lipinski definition) is 4. The molecule has 0 amide bonds. The van der Waals surface area contributed by atoms with Crippen molar-refractivity contribution in [1.29, 1.82) is 0 Å². The van der Waals surface area contributed by atoms with E-state index < -0.39 is 0 Å². The summed E-state index contributed by atoms with van der Waals surface area (Å²) in [6.07, 6.45) is 6.27. The van der Waals surface area contributed by atoms with Crippen LogP contribution in [-0.4, -0.2) is 22.0 Å². The highest BCUT2D eigenvalue weighted by molar-refractivity contribution is 6.36. The normalized spacial score (nSPS) is 12.4. The van der Waals surface area contributed by atoms with E-state index in [1.807, 2.05) is 24.3 Å². The number of fused-ring (bicyclic) bond motifs is 1. The Balaban J connectivity index is 0.000000153. The number of aromatic nitrogens is 2. The van der Waals surface area contributed by atoms with Gasteiger partial charge in [-0.1, -0.05) is 24.3 Å². The number of carbonyl (C=O) groups is 1. The molecule has 1 aliphatic heterocycles. The van der Waals surface area contributed by atoms with Crippen LogP contribution in [0.25, 0.3) is 0 Å². The van der Waals surface area contributed by atoms with Crippen LogP contribution in [0.3, 0.4) is 0 Å². The zero-order valence-electron chi connectivity index (χ0n) is 9.15. The van der Waals surface area contributed by atoms with Gasteiger partial charge >= 0.3 is 0 Å². The largest absolute Gasteiger partial charge is 0.288 e. The third-order valence-electron chi connectivity index (χ3n) is 2.23. The van der Waals surface area contributed by atoms with E-state index in [2.05, 4.69) is 15.0 Å². The Hall–Kier alpha value is -2.36. The van der Waals surface area contributed by atoms with Crippen molar-refractivity contribution in [2.24, 2.45) is 4.99 Å². The lowest BCUT2D eigenvalue weighted by atomic mass is 10.0. The summed E-state index contributed by atoms with van der Waals surface area (Å²) in [6, 6.07) is 9.34. The predicted octanol–water partition coefficient (Wildman–Crippen LogP) is 1.93. The Bertz CT molecular complexity index is 496. The lowest BCUT2D eigenvalue weighted by molar-refractivity contribution is 0.106. The molecule has 2 heterocycles. The van der Waals surface area contributed by atoms with Gasteiger partial charge in [0.25, 0.3) is 0 Å². The minimum atomic E-state index is 0.0202. The molecule has 0 N–H and O–H groups in total. The molecule has 0 spiro atoms. The number of hydrogen-bond donors (Lipinski definition) is 0. The maximum absolute atomic E-state index is 11.1. The Morgan fingerprint density at radius 1 is 1.00 bits per heavy atom. The van der Waals surface area contributed by atoms with Crippen LogP contribution < -0.4 is 0 Å². The summed E-state index contributed by atoms with van der Waals surface area (Å²) >= 11 is 0. The van der Waals surface area contributed by atoms with Crippen molar-refractivity contribution in [3.05, 3.63) is 60.2 Å². The number of carbonyl (C=O) groups excluding carboxylic acids is 1. The minimum Gasteiger partial charge on any atom is -0.288 e. The second kappa shape index (κ2) is 5.65. The van der Waals surface area contributed by atoms with Gasteiger partial charge in [-0.05, 0) is 11.6 Å². The maximum atomic E-state index is 11.1. The molecule has 1 aliphatic rings. The third-order valence-corrected chi connectivity index (χ3v) is 2.23. The van der Waals surface area contributed by atoms with Crippen LogP contribution >= 0.6 is 0 Å². The van der Waals surface area contributed by atoms with Crippen molar-refractivity contribution < 1.29 is 4.79 Å². The molecule has 0 bridgehead atoms. The Labute approximate surface area is 99.1 Å². The third kappa shape index (κ3) is 3.04. The van der Waals surface area contributed by atoms with Crippen LogP contribution in [0.1, 0.15) is 15.9 Å². The van der Waals surface area contributed by atoms with Crippen LogP contribution in [0.2, 0.25) is 0 Å². The van der Waals surface area contributed by atoms with E-state index in [-0.39, 0.29) is 5.78 Å². The second-order valence-electron chi connectivity index (χ2n) is 3.40. The van der Waals surface area contributed by atoms with E-state index in [0.29, 0.717) is 6.54 Å². The number of nitrogens with zero attached hydrogens (tertiary/aromatic N) is 3. The highest BCUT2D eigenvalue weighted by Gasteiger charge is 2.11. The molecule has 0 atom stereocenters. The molecule has 3 rings (SSSR count). The molecule has 0 unspecified atom stereocenters. The quantitative estimate of drug-likeness (QED) is 0.688. The van der Waals surface area contributed by atoms with Crippen molar-refractivity contribution in [3.8, 4) is 0 Å². The average molecular weight is 225 g/mol. The monoisotopic (exact) mass is 225 g/mol. The van der Waals surface area contributed by atoms with Crippen LogP contribution in [0.5, 0.6) is 0 Å². The van der Waals surface area contributed by atoms with Crippen LogP contribution in [0, 0.1) is 0 Å². The van der Waals surface area contributed by atoms with Crippen molar-refractivity contribution in [2.45, 2.75) is 6.54 Å². The summed E-state index contributed by atoms with van der Waals surface area (Å²) in [7, 11) is 0. The lowest BCUT2D eigenvalue weighted by Crippen LogP contribution is -2.09. The zero-order chi connectivity index (χ0) is 11.9. The molecule has 17 heavy (non-hydrogen) atoms. The standard InChI is InChI=1S/C9H7NO.C4H4N2/c11-9-6-10-5-7-3-1-2-4-8(7)9;1-2-5-4-6-3-1/h1-4,6H,5H2;1-4H. The van der Waals surface area contributed by atoms with Gasteiger partial charge in [-0.2, -0.15) is 0 Å². The van der Waals surface area contributed by atoms with E-state index in [1.54, 1.807) is 18.5 Å². The molecule has 1 aromatic heterocycles. The van der Waals surface area contributed by atoms with E-state index in [0.717, 1.165) is 11.1 Å². The average Bonchev–Trinajstić information content (AvgIpc) is 2.42. The SMILES string of the molecule is O=C1C=NCc2ccccc21.c1cncnc1. The first-order valence-electron chi connectivity index (χ1n) is 5.20. The molecule has 2 aromatic rings. The predicted molar refractivity (Wildman–Crippen MR) is 65.0 cm³/mol. The molecular formula is C13H11N3O. The van der Waals surface area contributed by atoms with Crippen molar-refractivity contribution in [2.75, 3.05) is 0 Å². The van der Waals surface area contributed by atoms with Crippen molar-refractivity contribution in [1.82, 2.24) is 9.97 Å². The summed E-state index contributed by atoms with van der Waals surface area (Å²) in [5.41, 5.74) is 1.82. The van der Waals surface area contributed by atoms with Crippen molar-refractivity contribution in [3.63, 3.8) is 0 Å². The molecule has 0 saturated heterocycles. The summed E-state index contributed by atoms with van der Waals surface area (Å²) in [5, 5.41) is 0. The van der Waals surface area contributed by atoms with Crippen LogP contribution in [-0.2, 0) is 6.54 Å². The van der Waals surface area contributed by atoms with Gasteiger partial charge in [-0.25, -0.2) is 9.97 Å². The van der Waals surface area contributed by atoms with Gasteiger partial charge < -0.3 is 0 Å². The highest BCUT2D eigenvalue weighted by Crippen LogP contribution is 2.13. The molecule has 4 heteroatoms. The fourth-order valence-electron chi connectivity index (χ4n) is 1.45. The van der Waals surface area contributed by atoms with Crippen LogP contribution in [0.15, 0.2) is 54.0 Å². The molecule has 0 fully saturated rings. The minimum absolute atomic E-state index is 0.0202. The second-order valence-corrected chi connectivity index (χ2v) is 3.40. The van der Waals surface area contributed by atoms with E-state index in [4.69, 9.17) is 0 Å². The molecule has 0 radical (unpaired) electrons. The Morgan fingerprint density at radius 3 is 2.35 bits per heavy atom. The molecule has 84 valence electrons. The van der Waals surface area contributed by atoms with Crippen molar-refractivity contribution >= 4 is 12.0 Å². The smallest absolute Gasteiger partial charge is 0.203 e. The summed E-state index contributed by atoms with van der Waals surface area (Å²) in [6.45, 7) is 0.641. The maximum Gasteiger partial charge on any atom is 0.203 e. The number of aliphatic imine (C=N–C) groups is 1. The van der Waals surface area contributed by atoms with E-state index in [1.165, 1.54) is 12.5 Å². The Kier molecular flexibility index (Phi) is 3.70. The highest BCUT2D eigenvalue weighted by atomic mass is 16.1. The van der Waals surface area contributed by atoms with E-state index >= 15 is 0 Å². The molecule has 0 saturated carbocycles. The topological polar surface area (TPSA) is 55.2 Å². The Morgan fingerprint density at radius 2 is 1.76 bits per heavy atom. The fourth-order valence-corrected chi connectivity index (χ4v) is 1.45. The first-order valence-corrected chi connectivity index (χ1v) is 5.20.